The Labute approximate surface area is 107 Å². The molecule has 94 valence electrons. The molecule has 1 rings (SSSR count). The molecule has 0 fully saturated rings. The highest BCUT2D eigenvalue weighted by atomic mass is 32.1. The van der Waals surface area contributed by atoms with Crippen molar-refractivity contribution in [2.24, 2.45) is 11.7 Å². The van der Waals surface area contributed by atoms with Crippen molar-refractivity contribution in [1.29, 1.82) is 0 Å². The molecular weight excluding hydrogens is 236 g/mol. The van der Waals surface area contributed by atoms with Crippen LogP contribution in [0.25, 0.3) is 0 Å². The molecule has 0 bridgehead atoms. The lowest BCUT2D eigenvalue weighted by atomic mass is 10.1. The van der Waals surface area contributed by atoms with Crippen LogP contribution in [0.5, 0.6) is 0 Å². The van der Waals surface area contributed by atoms with Gasteiger partial charge in [0.2, 0.25) is 5.91 Å². The Hall–Kier alpha value is -1.36. The Morgan fingerprint density at radius 2 is 2.29 bits per heavy atom. The molecule has 1 atom stereocenters. The second kappa shape index (κ2) is 6.39. The highest BCUT2D eigenvalue weighted by Crippen LogP contribution is 2.12. The number of rotatable bonds is 6. The molecule has 0 aliphatic carbocycles. The molecule has 17 heavy (non-hydrogen) atoms. The number of thiocarbonyl (C=S) groups is 1. The van der Waals surface area contributed by atoms with Gasteiger partial charge in [0.15, 0.2) is 0 Å². The number of carbonyl (C=O) groups excluding carboxylic acids is 1. The topological polar surface area (TPSA) is 59.5 Å². The van der Waals surface area contributed by atoms with Crippen LogP contribution in [0.1, 0.15) is 26.0 Å². The monoisotopic (exact) mass is 254 g/mol. The maximum Gasteiger partial charge on any atom is 0.232 e. The Morgan fingerprint density at radius 1 is 1.59 bits per heavy atom. The van der Waals surface area contributed by atoms with Gasteiger partial charge in [0, 0.05) is 6.54 Å². The molecule has 0 aromatic carbocycles. The largest absolute Gasteiger partial charge is 0.467 e. The van der Waals surface area contributed by atoms with Crippen molar-refractivity contribution in [2.45, 2.75) is 26.8 Å². The molecule has 1 heterocycles. The first-order chi connectivity index (χ1) is 8.10. The predicted octanol–water partition coefficient (Wildman–Crippen LogP) is 1.94. The summed E-state index contributed by atoms with van der Waals surface area (Å²) < 4.78 is 5.23. The number of hydrogen-bond donors (Lipinski definition) is 1. The Balaban J connectivity index is 2.72. The zero-order chi connectivity index (χ0) is 12.8. The standard InChI is InChI=1S/C12H18N2O2S/c1-3-10(11(13)17)12(15)14(4-2)8-9-6-5-7-16-9/h5-7,10H,3-4,8H2,1-2H3,(H2,13,17). The lowest BCUT2D eigenvalue weighted by Crippen LogP contribution is -2.40. The summed E-state index contributed by atoms with van der Waals surface area (Å²) in [6.45, 7) is 4.90. The van der Waals surface area contributed by atoms with E-state index in [1.54, 1.807) is 17.2 Å². The summed E-state index contributed by atoms with van der Waals surface area (Å²) in [5.74, 6) is 0.358. The van der Waals surface area contributed by atoms with Crippen LogP contribution in [0, 0.1) is 5.92 Å². The number of furan rings is 1. The number of hydrogen-bond acceptors (Lipinski definition) is 3. The second-order valence-electron chi connectivity index (χ2n) is 3.79. The summed E-state index contributed by atoms with van der Waals surface area (Å²) in [5, 5.41) is 0. The Morgan fingerprint density at radius 3 is 2.71 bits per heavy atom. The van der Waals surface area contributed by atoms with Crippen LogP contribution >= 0.6 is 12.2 Å². The van der Waals surface area contributed by atoms with Gasteiger partial charge in [0.25, 0.3) is 0 Å². The summed E-state index contributed by atoms with van der Waals surface area (Å²) in [6.07, 6.45) is 2.22. The van der Waals surface area contributed by atoms with E-state index in [0.29, 0.717) is 19.5 Å². The predicted molar refractivity (Wildman–Crippen MR) is 70.4 cm³/mol. The van der Waals surface area contributed by atoms with Gasteiger partial charge in [0.1, 0.15) is 5.76 Å². The molecule has 0 aliphatic rings. The first-order valence-electron chi connectivity index (χ1n) is 5.70. The Bertz CT molecular complexity index is 376. The fourth-order valence-corrected chi connectivity index (χ4v) is 1.92. The van der Waals surface area contributed by atoms with Gasteiger partial charge in [-0.05, 0) is 25.5 Å². The minimum atomic E-state index is -0.375. The normalized spacial score (nSPS) is 12.1. The van der Waals surface area contributed by atoms with Gasteiger partial charge in [0.05, 0.1) is 23.7 Å². The molecule has 1 aromatic rings. The SMILES string of the molecule is CCC(C(=O)N(CC)Cc1ccco1)C(N)=S. The average molecular weight is 254 g/mol. The number of nitrogens with two attached hydrogens (primary N) is 1. The van der Waals surface area contributed by atoms with E-state index in [9.17, 15) is 4.79 Å². The molecule has 5 heteroatoms. The van der Waals surface area contributed by atoms with E-state index in [1.807, 2.05) is 19.9 Å². The van der Waals surface area contributed by atoms with Crippen molar-refractivity contribution >= 4 is 23.1 Å². The maximum absolute atomic E-state index is 12.2. The summed E-state index contributed by atoms with van der Waals surface area (Å²) in [4.78, 5) is 14.2. The van der Waals surface area contributed by atoms with Crippen LogP contribution in [0.2, 0.25) is 0 Å². The smallest absolute Gasteiger partial charge is 0.232 e. The van der Waals surface area contributed by atoms with Gasteiger partial charge in [-0.3, -0.25) is 4.79 Å². The molecule has 0 aliphatic heterocycles. The van der Waals surface area contributed by atoms with Crippen LogP contribution in [0.15, 0.2) is 22.8 Å². The van der Waals surface area contributed by atoms with E-state index >= 15 is 0 Å². The van der Waals surface area contributed by atoms with Crippen LogP contribution < -0.4 is 5.73 Å². The third-order valence-corrected chi connectivity index (χ3v) is 2.95. The summed E-state index contributed by atoms with van der Waals surface area (Å²) >= 11 is 4.91. The minimum absolute atomic E-state index is 0.0288. The van der Waals surface area contributed by atoms with E-state index in [4.69, 9.17) is 22.4 Å². The molecule has 1 aromatic heterocycles. The van der Waals surface area contributed by atoms with Crippen molar-refractivity contribution in [3.8, 4) is 0 Å². The first kappa shape index (κ1) is 13.7. The Kier molecular flexibility index (Phi) is 5.15. The summed E-state index contributed by atoms with van der Waals surface area (Å²) in [5.41, 5.74) is 5.57. The highest BCUT2D eigenvalue weighted by molar-refractivity contribution is 7.80. The fraction of sp³-hybridized carbons (Fsp3) is 0.500. The van der Waals surface area contributed by atoms with Gasteiger partial charge >= 0.3 is 0 Å². The molecule has 0 saturated carbocycles. The first-order valence-corrected chi connectivity index (χ1v) is 6.11. The lowest BCUT2D eigenvalue weighted by Gasteiger charge is -2.24. The molecule has 0 radical (unpaired) electrons. The van der Waals surface area contributed by atoms with Gasteiger partial charge in [-0.25, -0.2) is 0 Å². The van der Waals surface area contributed by atoms with Crippen molar-refractivity contribution in [2.75, 3.05) is 6.54 Å². The van der Waals surface area contributed by atoms with Crippen LogP contribution in [-0.4, -0.2) is 22.3 Å². The van der Waals surface area contributed by atoms with Crippen molar-refractivity contribution in [1.82, 2.24) is 4.90 Å². The molecule has 1 unspecified atom stereocenters. The van der Waals surface area contributed by atoms with Crippen molar-refractivity contribution in [3.63, 3.8) is 0 Å². The fourth-order valence-electron chi connectivity index (χ4n) is 1.65. The zero-order valence-electron chi connectivity index (χ0n) is 10.2. The van der Waals surface area contributed by atoms with E-state index in [0.717, 1.165) is 5.76 Å². The summed E-state index contributed by atoms with van der Waals surface area (Å²) in [7, 11) is 0. The van der Waals surface area contributed by atoms with Crippen LogP contribution in [0.4, 0.5) is 0 Å². The van der Waals surface area contributed by atoms with Crippen LogP contribution in [-0.2, 0) is 11.3 Å². The summed E-state index contributed by atoms with van der Waals surface area (Å²) in [6, 6.07) is 3.65. The third-order valence-electron chi connectivity index (χ3n) is 2.67. The number of amides is 1. The van der Waals surface area contributed by atoms with E-state index in [1.165, 1.54) is 0 Å². The van der Waals surface area contributed by atoms with E-state index in [2.05, 4.69) is 0 Å². The zero-order valence-corrected chi connectivity index (χ0v) is 11.0. The average Bonchev–Trinajstić information content (AvgIpc) is 2.78. The molecule has 4 nitrogen and oxygen atoms in total. The number of carbonyl (C=O) groups is 1. The molecule has 0 spiro atoms. The highest BCUT2D eigenvalue weighted by Gasteiger charge is 2.24. The van der Waals surface area contributed by atoms with Gasteiger partial charge in [-0.15, -0.1) is 0 Å². The van der Waals surface area contributed by atoms with Gasteiger partial charge < -0.3 is 15.1 Å². The van der Waals surface area contributed by atoms with Crippen LogP contribution in [0.3, 0.4) is 0 Å². The molecule has 2 N–H and O–H groups in total. The van der Waals surface area contributed by atoms with Gasteiger partial charge in [-0.2, -0.15) is 0 Å². The van der Waals surface area contributed by atoms with Gasteiger partial charge in [-0.1, -0.05) is 19.1 Å². The molecular formula is C12H18N2O2S. The molecule has 1 amide bonds. The maximum atomic E-state index is 12.2. The number of nitrogens with zero attached hydrogens (tertiary/aromatic N) is 1. The third kappa shape index (κ3) is 3.56. The van der Waals surface area contributed by atoms with Crippen molar-refractivity contribution < 1.29 is 9.21 Å². The van der Waals surface area contributed by atoms with Crippen molar-refractivity contribution in [3.05, 3.63) is 24.2 Å². The quantitative estimate of drug-likeness (QED) is 0.788. The van der Waals surface area contributed by atoms with E-state index in [-0.39, 0.29) is 16.8 Å². The minimum Gasteiger partial charge on any atom is -0.467 e. The molecule has 0 saturated heterocycles. The lowest BCUT2D eigenvalue weighted by molar-refractivity contribution is -0.134. The van der Waals surface area contributed by atoms with E-state index < -0.39 is 0 Å². The second-order valence-corrected chi connectivity index (χ2v) is 4.27.